The lowest BCUT2D eigenvalue weighted by Crippen LogP contribution is -2.37. The summed E-state index contributed by atoms with van der Waals surface area (Å²) >= 11 is 0. The standard InChI is InChI=1S/C24H26N4O2/c29-21-11-15-28-22-19(21)5-4-6-20(22)26-23(28)17-7-9-18(10-8-17)24(30)25-12-16-27-13-2-1-3-14-27/h4-10H,1-3,11-16H2,(H,25,30). The van der Waals surface area contributed by atoms with E-state index in [4.69, 9.17) is 4.98 Å². The van der Waals surface area contributed by atoms with Crippen molar-refractivity contribution >= 4 is 22.7 Å². The van der Waals surface area contributed by atoms with Crippen molar-refractivity contribution in [2.75, 3.05) is 26.2 Å². The van der Waals surface area contributed by atoms with E-state index in [2.05, 4.69) is 14.8 Å². The first-order valence-corrected chi connectivity index (χ1v) is 10.8. The van der Waals surface area contributed by atoms with Gasteiger partial charge < -0.3 is 14.8 Å². The van der Waals surface area contributed by atoms with Gasteiger partial charge in [-0.2, -0.15) is 0 Å². The molecule has 6 nitrogen and oxygen atoms in total. The van der Waals surface area contributed by atoms with Gasteiger partial charge in [0, 0.05) is 42.7 Å². The number of carbonyl (C=O) groups is 2. The van der Waals surface area contributed by atoms with Crippen LogP contribution in [0, 0.1) is 0 Å². The average Bonchev–Trinajstić information content (AvgIpc) is 3.17. The molecule has 0 unspecified atom stereocenters. The fourth-order valence-electron chi connectivity index (χ4n) is 4.58. The van der Waals surface area contributed by atoms with E-state index in [1.54, 1.807) is 0 Å². The van der Waals surface area contributed by atoms with Gasteiger partial charge in [-0.05, 0) is 50.2 Å². The minimum absolute atomic E-state index is 0.0407. The van der Waals surface area contributed by atoms with Crippen LogP contribution >= 0.6 is 0 Å². The number of Topliss-reactive ketones (excluding diaryl/α,β-unsaturated/α-hetero) is 1. The number of nitrogens with zero attached hydrogens (tertiary/aromatic N) is 3. The summed E-state index contributed by atoms with van der Waals surface area (Å²) in [4.78, 5) is 31.9. The SMILES string of the molecule is O=C(NCCN1CCCCC1)c1ccc(-c2nc3cccc4c3n2CCC4=O)cc1. The van der Waals surface area contributed by atoms with Gasteiger partial charge in [0.05, 0.1) is 11.0 Å². The molecular formula is C24H26N4O2. The van der Waals surface area contributed by atoms with Crippen LogP contribution < -0.4 is 5.32 Å². The number of piperidine rings is 1. The number of para-hydroxylation sites is 1. The third-order valence-corrected chi connectivity index (χ3v) is 6.20. The van der Waals surface area contributed by atoms with Gasteiger partial charge in [-0.1, -0.05) is 24.6 Å². The van der Waals surface area contributed by atoms with Crippen LogP contribution in [-0.2, 0) is 6.54 Å². The van der Waals surface area contributed by atoms with Gasteiger partial charge in [0.1, 0.15) is 5.82 Å². The van der Waals surface area contributed by atoms with Gasteiger partial charge in [0.15, 0.2) is 5.78 Å². The van der Waals surface area contributed by atoms with Gasteiger partial charge in [-0.15, -0.1) is 0 Å². The Morgan fingerprint density at radius 2 is 1.80 bits per heavy atom. The first-order valence-electron chi connectivity index (χ1n) is 10.8. The monoisotopic (exact) mass is 402 g/mol. The van der Waals surface area contributed by atoms with Crippen molar-refractivity contribution < 1.29 is 9.59 Å². The molecule has 0 saturated carbocycles. The molecular weight excluding hydrogens is 376 g/mol. The highest BCUT2D eigenvalue weighted by Crippen LogP contribution is 2.31. The topological polar surface area (TPSA) is 67.2 Å². The fraction of sp³-hybridized carbons (Fsp3) is 0.375. The van der Waals surface area contributed by atoms with Crippen molar-refractivity contribution in [3.05, 3.63) is 53.6 Å². The van der Waals surface area contributed by atoms with E-state index in [1.165, 1.54) is 19.3 Å². The molecule has 3 heterocycles. The Kier molecular flexibility index (Phi) is 5.09. The molecule has 0 radical (unpaired) electrons. The van der Waals surface area contributed by atoms with E-state index in [1.807, 2.05) is 42.5 Å². The highest BCUT2D eigenvalue weighted by atomic mass is 16.1. The molecule has 2 aliphatic heterocycles. The highest BCUT2D eigenvalue weighted by Gasteiger charge is 2.23. The van der Waals surface area contributed by atoms with Crippen LogP contribution in [0.2, 0.25) is 0 Å². The van der Waals surface area contributed by atoms with Gasteiger partial charge in [0.25, 0.3) is 5.91 Å². The smallest absolute Gasteiger partial charge is 0.251 e. The van der Waals surface area contributed by atoms with E-state index in [-0.39, 0.29) is 11.7 Å². The minimum atomic E-state index is -0.0407. The molecule has 5 rings (SSSR count). The molecule has 0 spiro atoms. The zero-order chi connectivity index (χ0) is 20.5. The number of nitrogens with one attached hydrogen (secondary N) is 1. The number of likely N-dealkylation sites (tertiary alicyclic amines) is 1. The second-order valence-corrected chi connectivity index (χ2v) is 8.17. The van der Waals surface area contributed by atoms with Crippen LogP contribution in [0.25, 0.3) is 22.4 Å². The molecule has 0 aliphatic carbocycles. The molecule has 2 aliphatic rings. The Balaban J connectivity index is 1.31. The summed E-state index contributed by atoms with van der Waals surface area (Å²) in [6.07, 6.45) is 4.33. The van der Waals surface area contributed by atoms with Crippen LogP contribution in [0.1, 0.15) is 46.4 Å². The van der Waals surface area contributed by atoms with Gasteiger partial charge >= 0.3 is 0 Å². The van der Waals surface area contributed by atoms with Crippen molar-refractivity contribution in [3.8, 4) is 11.4 Å². The molecule has 1 amide bonds. The summed E-state index contributed by atoms with van der Waals surface area (Å²) in [5.74, 6) is 0.985. The zero-order valence-electron chi connectivity index (χ0n) is 17.1. The van der Waals surface area contributed by atoms with Crippen LogP contribution in [0.4, 0.5) is 0 Å². The van der Waals surface area contributed by atoms with Crippen molar-refractivity contribution in [3.63, 3.8) is 0 Å². The predicted octanol–water partition coefficient (Wildman–Crippen LogP) is 3.51. The average molecular weight is 402 g/mol. The molecule has 154 valence electrons. The third kappa shape index (κ3) is 3.52. The molecule has 6 heteroatoms. The van der Waals surface area contributed by atoms with Crippen molar-refractivity contribution in [1.29, 1.82) is 0 Å². The number of carbonyl (C=O) groups excluding carboxylic acids is 2. The lowest BCUT2D eigenvalue weighted by Gasteiger charge is -2.26. The van der Waals surface area contributed by atoms with Gasteiger partial charge in [0.2, 0.25) is 0 Å². The van der Waals surface area contributed by atoms with Crippen LogP contribution in [0.3, 0.4) is 0 Å². The second kappa shape index (κ2) is 8.03. The number of amides is 1. The molecule has 1 saturated heterocycles. The normalized spacial score (nSPS) is 16.7. The van der Waals surface area contributed by atoms with E-state index >= 15 is 0 Å². The number of rotatable bonds is 5. The van der Waals surface area contributed by atoms with Crippen molar-refractivity contribution in [2.24, 2.45) is 0 Å². The maximum Gasteiger partial charge on any atom is 0.251 e. The molecule has 30 heavy (non-hydrogen) atoms. The van der Waals surface area contributed by atoms with Gasteiger partial charge in [-0.25, -0.2) is 4.98 Å². The van der Waals surface area contributed by atoms with Crippen LogP contribution in [0.15, 0.2) is 42.5 Å². The van der Waals surface area contributed by atoms with E-state index in [0.717, 1.165) is 47.6 Å². The zero-order valence-corrected chi connectivity index (χ0v) is 17.1. The molecule has 0 bridgehead atoms. The lowest BCUT2D eigenvalue weighted by atomic mass is 10.0. The maximum absolute atomic E-state index is 12.5. The molecule has 1 fully saturated rings. The number of hydrogen-bond acceptors (Lipinski definition) is 4. The molecule has 2 aromatic carbocycles. The first-order chi connectivity index (χ1) is 14.7. The number of aromatic nitrogens is 2. The van der Waals surface area contributed by atoms with E-state index in [9.17, 15) is 9.59 Å². The number of imidazole rings is 1. The number of ketones is 1. The fourth-order valence-corrected chi connectivity index (χ4v) is 4.58. The van der Waals surface area contributed by atoms with E-state index < -0.39 is 0 Å². The Morgan fingerprint density at radius 3 is 2.60 bits per heavy atom. The largest absolute Gasteiger partial charge is 0.351 e. The molecule has 3 aromatic rings. The summed E-state index contributed by atoms with van der Waals surface area (Å²) < 4.78 is 2.12. The van der Waals surface area contributed by atoms with Crippen LogP contribution in [0.5, 0.6) is 0 Å². The Morgan fingerprint density at radius 1 is 1.00 bits per heavy atom. The highest BCUT2D eigenvalue weighted by molar-refractivity contribution is 6.08. The summed E-state index contributed by atoms with van der Waals surface area (Å²) in [5, 5.41) is 3.03. The Hall–Kier alpha value is -2.99. The summed E-state index contributed by atoms with van der Waals surface area (Å²) in [6.45, 7) is 4.50. The van der Waals surface area contributed by atoms with Crippen molar-refractivity contribution in [1.82, 2.24) is 19.8 Å². The Bertz CT molecular complexity index is 1090. The second-order valence-electron chi connectivity index (χ2n) is 8.17. The van der Waals surface area contributed by atoms with E-state index in [0.29, 0.717) is 25.1 Å². The predicted molar refractivity (Wildman–Crippen MR) is 117 cm³/mol. The Labute approximate surface area is 175 Å². The minimum Gasteiger partial charge on any atom is -0.351 e. The molecule has 1 N–H and O–H groups in total. The third-order valence-electron chi connectivity index (χ3n) is 6.20. The number of hydrogen-bond donors (Lipinski definition) is 1. The summed E-state index contributed by atoms with van der Waals surface area (Å²) in [5.41, 5.74) is 4.12. The number of benzene rings is 2. The van der Waals surface area contributed by atoms with Crippen molar-refractivity contribution in [2.45, 2.75) is 32.2 Å². The summed E-state index contributed by atoms with van der Waals surface area (Å²) in [6, 6.07) is 13.3. The molecule has 0 atom stereocenters. The summed E-state index contributed by atoms with van der Waals surface area (Å²) in [7, 11) is 0. The first kappa shape index (κ1) is 19.0. The van der Waals surface area contributed by atoms with Gasteiger partial charge in [-0.3, -0.25) is 9.59 Å². The molecule has 1 aromatic heterocycles. The lowest BCUT2D eigenvalue weighted by molar-refractivity contribution is 0.0944. The maximum atomic E-state index is 12.5. The number of aryl methyl sites for hydroxylation is 1. The van der Waals surface area contributed by atoms with Crippen LogP contribution in [-0.4, -0.2) is 52.3 Å². The quantitative estimate of drug-likeness (QED) is 0.709.